The smallest absolute Gasteiger partial charge is 0.131 e. The van der Waals surface area contributed by atoms with Gasteiger partial charge in [0.25, 0.3) is 0 Å². The van der Waals surface area contributed by atoms with Crippen LogP contribution in [0.5, 0.6) is 0 Å². The van der Waals surface area contributed by atoms with Crippen molar-refractivity contribution in [1.82, 2.24) is 9.55 Å². The minimum Gasteiger partial charge on any atom is -0.383 e. The predicted molar refractivity (Wildman–Crippen MR) is 77.7 cm³/mol. The van der Waals surface area contributed by atoms with E-state index in [1.54, 1.807) is 7.11 Å². The summed E-state index contributed by atoms with van der Waals surface area (Å²) in [6.07, 6.45) is 4.09. The molecule has 4 nitrogen and oxygen atoms in total. The number of aromatic nitrogens is 2. The number of rotatable bonds is 6. The van der Waals surface area contributed by atoms with Crippen molar-refractivity contribution < 1.29 is 4.74 Å². The Morgan fingerprint density at radius 1 is 1.37 bits per heavy atom. The van der Waals surface area contributed by atoms with Crippen molar-refractivity contribution in [2.45, 2.75) is 32.9 Å². The zero-order chi connectivity index (χ0) is 13.7. The zero-order valence-corrected chi connectivity index (χ0v) is 11.6. The van der Waals surface area contributed by atoms with E-state index >= 15 is 0 Å². The highest BCUT2D eigenvalue weighted by molar-refractivity contribution is 5.70. The minimum atomic E-state index is 0.601. The van der Waals surface area contributed by atoms with E-state index in [1.807, 2.05) is 29.1 Å². The first-order chi connectivity index (χ1) is 9.26. The second-order valence-corrected chi connectivity index (χ2v) is 4.66. The molecule has 0 radical (unpaired) electrons. The summed E-state index contributed by atoms with van der Waals surface area (Å²) in [5.74, 6) is 0.739. The summed E-state index contributed by atoms with van der Waals surface area (Å²) in [5, 5.41) is 0. The van der Waals surface area contributed by atoms with Gasteiger partial charge in [0.15, 0.2) is 0 Å². The molecule has 1 heterocycles. The lowest BCUT2D eigenvalue weighted by Gasteiger charge is -2.06. The van der Waals surface area contributed by atoms with Crippen LogP contribution in [0.15, 0.2) is 30.6 Å². The highest BCUT2D eigenvalue weighted by Gasteiger charge is 2.09. The van der Waals surface area contributed by atoms with Crippen LogP contribution >= 0.6 is 0 Å². The lowest BCUT2D eigenvalue weighted by molar-refractivity contribution is 0.185. The number of hydrogen-bond acceptors (Lipinski definition) is 3. The second kappa shape index (κ2) is 6.38. The number of nitrogens with zero attached hydrogens (tertiary/aromatic N) is 2. The van der Waals surface area contributed by atoms with E-state index in [0.29, 0.717) is 6.61 Å². The molecule has 0 aliphatic heterocycles. The molecule has 19 heavy (non-hydrogen) atoms. The predicted octanol–water partition coefficient (Wildman–Crippen LogP) is 3.08. The molecular weight excluding hydrogens is 238 g/mol. The molecule has 102 valence electrons. The zero-order valence-electron chi connectivity index (χ0n) is 11.6. The van der Waals surface area contributed by atoms with Crippen LogP contribution in [0, 0.1) is 0 Å². The third-order valence-corrected chi connectivity index (χ3v) is 3.14. The molecule has 0 amide bonds. The standard InChI is InChI=1S/C15H21N3O/c1-3-4-8-18-11-17-14(15(18)16)13-7-5-6-12(9-13)10-19-2/h5-7,9,11H,3-4,8,10,16H2,1-2H3. The fraction of sp³-hybridized carbons (Fsp3) is 0.400. The number of nitrogens with two attached hydrogens (primary N) is 1. The van der Waals surface area contributed by atoms with Gasteiger partial charge in [-0.05, 0) is 18.1 Å². The van der Waals surface area contributed by atoms with Gasteiger partial charge >= 0.3 is 0 Å². The first kappa shape index (κ1) is 13.6. The Labute approximate surface area is 114 Å². The van der Waals surface area contributed by atoms with E-state index < -0.39 is 0 Å². The van der Waals surface area contributed by atoms with Gasteiger partial charge in [-0.3, -0.25) is 0 Å². The maximum Gasteiger partial charge on any atom is 0.131 e. The summed E-state index contributed by atoms with van der Waals surface area (Å²) in [5.41, 5.74) is 9.20. The van der Waals surface area contributed by atoms with Crippen molar-refractivity contribution >= 4 is 5.82 Å². The number of imidazole rings is 1. The highest BCUT2D eigenvalue weighted by atomic mass is 16.5. The van der Waals surface area contributed by atoms with Crippen molar-refractivity contribution in [3.8, 4) is 11.3 Å². The third kappa shape index (κ3) is 3.15. The third-order valence-electron chi connectivity index (χ3n) is 3.14. The Bertz CT molecular complexity index is 534. The van der Waals surface area contributed by atoms with Crippen LogP contribution in [0.1, 0.15) is 25.3 Å². The van der Waals surface area contributed by atoms with Crippen LogP contribution in [0.2, 0.25) is 0 Å². The number of methoxy groups -OCH3 is 1. The molecule has 0 saturated carbocycles. The fourth-order valence-corrected chi connectivity index (χ4v) is 2.10. The molecule has 0 spiro atoms. The summed E-state index contributed by atoms with van der Waals surface area (Å²) in [6.45, 7) is 3.69. The summed E-state index contributed by atoms with van der Waals surface area (Å²) >= 11 is 0. The van der Waals surface area contributed by atoms with Crippen molar-refractivity contribution in [3.05, 3.63) is 36.2 Å². The first-order valence-electron chi connectivity index (χ1n) is 6.65. The van der Waals surface area contributed by atoms with Crippen LogP contribution in [-0.2, 0) is 17.9 Å². The molecule has 0 atom stereocenters. The maximum atomic E-state index is 6.17. The molecule has 1 aromatic heterocycles. The molecule has 0 aliphatic rings. The number of nitrogen functional groups attached to an aromatic ring is 1. The SMILES string of the molecule is CCCCn1cnc(-c2cccc(COC)c2)c1N. The maximum absolute atomic E-state index is 6.17. The van der Waals surface area contributed by atoms with Crippen LogP contribution in [0.3, 0.4) is 0 Å². The molecule has 1 aromatic carbocycles. The number of unbranched alkanes of at least 4 members (excludes halogenated alkanes) is 1. The van der Waals surface area contributed by atoms with E-state index in [9.17, 15) is 0 Å². The van der Waals surface area contributed by atoms with E-state index in [4.69, 9.17) is 10.5 Å². The monoisotopic (exact) mass is 259 g/mol. The second-order valence-electron chi connectivity index (χ2n) is 4.66. The first-order valence-corrected chi connectivity index (χ1v) is 6.65. The Kier molecular flexibility index (Phi) is 4.58. The van der Waals surface area contributed by atoms with Gasteiger partial charge in [-0.1, -0.05) is 31.5 Å². The van der Waals surface area contributed by atoms with Gasteiger partial charge in [0.1, 0.15) is 11.5 Å². The van der Waals surface area contributed by atoms with E-state index in [2.05, 4.69) is 18.0 Å². The molecule has 2 aromatic rings. The van der Waals surface area contributed by atoms with Crippen LogP contribution < -0.4 is 5.73 Å². The average molecular weight is 259 g/mol. The number of benzene rings is 1. The topological polar surface area (TPSA) is 53.1 Å². The van der Waals surface area contributed by atoms with Crippen LogP contribution in [0.4, 0.5) is 5.82 Å². The van der Waals surface area contributed by atoms with Gasteiger partial charge < -0.3 is 15.0 Å². The molecule has 0 bridgehead atoms. The lowest BCUT2D eigenvalue weighted by atomic mass is 10.1. The Morgan fingerprint density at radius 2 is 2.21 bits per heavy atom. The van der Waals surface area contributed by atoms with Gasteiger partial charge in [0.2, 0.25) is 0 Å². The van der Waals surface area contributed by atoms with Gasteiger partial charge in [-0.2, -0.15) is 0 Å². The Hall–Kier alpha value is -1.81. The van der Waals surface area contributed by atoms with Gasteiger partial charge in [-0.25, -0.2) is 4.98 Å². The van der Waals surface area contributed by atoms with Gasteiger partial charge in [-0.15, -0.1) is 0 Å². The average Bonchev–Trinajstić information content (AvgIpc) is 2.78. The Balaban J connectivity index is 2.26. The number of anilines is 1. The molecule has 0 unspecified atom stereocenters. The number of ether oxygens (including phenoxy) is 1. The van der Waals surface area contributed by atoms with Crippen molar-refractivity contribution in [3.63, 3.8) is 0 Å². The van der Waals surface area contributed by atoms with E-state index in [0.717, 1.165) is 42.0 Å². The molecular formula is C15H21N3O. The Morgan fingerprint density at radius 3 is 2.95 bits per heavy atom. The normalized spacial score (nSPS) is 10.8. The summed E-state index contributed by atoms with van der Waals surface area (Å²) < 4.78 is 7.17. The van der Waals surface area contributed by atoms with E-state index in [1.165, 1.54) is 0 Å². The molecule has 0 aliphatic carbocycles. The highest BCUT2D eigenvalue weighted by Crippen LogP contribution is 2.25. The molecule has 4 heteroatoms. The van der Waals surface area contributed by atoms with Crippen LogP contribution in [0.25, 0.3) is 11.3 Å². The fourth-order valence-electron chi connectivity index (χ4n) is 2.10. The molecule has 2 rings (SSSR count). The van der Waals surface area contributed by atoms with Crippen molar-refractivity contribution in [2.75, 3.05) is 12.8 Å². The van der Waals surface area contributed by atoms with Crippen molar-refractivity contribution in [2.24, 2.45) is 0 Å². The summed E-state index contributed by atoms with van der Waals surface area (Å²) in [6, 6.07) is 8.15. The molecule has 2 N–H and O–H groups in total. The number of hydrogen-bond donors (Lipinski definition) is 1. The largest absolute Gasteiger partial charge is 0.383 e. The minimum absolute atomic E-state index is 0.601. The van der Waals surface area contributed by atoms with Gasteiger partial charge in [0.05, 0.1) is 12.9 Å². The molecule has 0 fully saturated rings. The summed E-state index contributed by atoms with van der Waals surface area (Å²) in [7, 11) is 1.69. The lowest BCUT2D eigenvalue weighted by Crippen LogP contribution is -2.02. The molecule has 0 saturated heterocycles. The summed E-state index contributed by atoms with van der Waals surface area (Å²) in [4.78, 5) is 4.44. The van der Waals surface area contributed by atoms with Crippen molar-refractivity contribution in [1.29, 1.82) is 0 Å². The number of aryl methyl sites for hydroxylation is 1. The van der Waals surface area contributed by atoms with E-state index in [-0.39, 0.29) is 0 Å². The van der Waals surface area contributed by atoms with Gasteiger partial charge in [0, 0.05) is 19.2 Å². The quantitative estimate of drug-likeness (QED) is 0.867. The van der Waals surface area contributed by atoms with Crippen LogP contribution in [-0.4, -0.2) is 16.7 Å².